The Morgan fingerprint density at radius 3 is 2.60 bits per heavy atom. The maximum absolute atomic E-state index is 6.15. The molecule has 2 N–H and O–H groups in total. The molecule has 0 amide bonds. The van der Waals surface area contributed by atoms with Crippen LogP contribution in [0.1, 0.15) is 31.4 Å². The maximum Gasteiger partial charge on any atom is 0.128 e. The lowest BCUT2D eigenvalue weighted by atomic mass is 9.85. The van der Waals surface area contributed by atoms with E-state index in [4.69, 9.17) is 21.3 Å². The molecule has 1 spiro atoms. The van der Waals surface area contributed by atoms with E-state index in [2.05, 4.69) is 41.8 Å². The summed E-state index contributed by atoms with van der Waals surface area (Å²) in [7, 11) is 0. The van der Waals surface area contributed by atoms with Crippen molar-refractivity contribution in [1.29, 1.82) is 0 Å². The fourth-order valence-corrected chi connectivity index (χ4v) is 3.74. The molecule has 1 saturated heterocycles. The first-order valence-electron chi connectivity index (χ1n) is 8.72. The molecule has 4 nitrogen and oxygen atoms in total. The second kappa shape index (κ2) is 6.70. The Bertz CT molecular complexity index is 799. The number of halogens is 1. The van der Waals surface area contributed by atoms with Gasteiger partial charge in [0.25, 0.3) is 0 Å². The van der Waals surface area contributed by atoms with Crippen molar-refractivity contribution in [3.8, 4) is 0 Å². The summed E-state index contributed by atoms with van der Waals surface area (Å²) in [5, 5.41) is 8.04. The van der Waals surface area contributed by atoms with Crippen LogP contribution in [-0.4, -0.2) is 24.6 Å². The van der Waals surface area contributed by atoms with E-state index < -0.39 is 0 Å². The van der Waals surface area contributed by atoms with Crippen LogP contribution >= 0.6 is 11.6 Å². The molecule has 2 aliphatic heterocycles. The van der Waals surface area contributed by atoms with Crippen molar-refractivity contribution in [2.75, 3.05) is 23.8 Å². The minimum absolute atomic E-state index is 0.0213. The number of amidine groups is 1. The lowest BCUT2D eigenvalue weighted by Crippen LogP contribution is -2.55. The highest BCUT2D eigenvalue weighted by Crippen LogP contribution is 2.37. The van der Waals surface area contributed by atoms with Gasteiger partial charge in [-0.1, -0.05) is 35.9 Å². The van der Waals surface area contributed by atoms with Crippen molar-refractivity contribution in [2.45, 2.75) is 31.3 Å². The normalized spacial score (nSPS) is 21.3. The van der Waals surface area contributed by atoms with E-state index in [9.17, 15) is 0 Å². The van der Waals surface area contributed by atoms with Gasteiger partial charge in [-0.3, -0.25) is 4.99 Å². The van der Waals surface area contributed by atoms with Crippen LogP contribution in [0.2, 0.25) is 5.02 Å². The topological polar surface area (TPSA) is 45.7 Å². The van der Waals surface area contributed by atoms with E-state index in [0.29, 0.717) is 0 Å². The summed E-state index contributed by atoms with van der Waals surface area (Å²) in [4.78, 5) is 5.05. The van der Waals surface area contributed by atoms with E-state index in [0.717, 1.165) is 53.9 Å². The zero-order valence-electron chi connectivity index (χ0n) is 14.3. The summed E-state index contributed by atoms with van der Waals surface area (Å²) in [5.41, 5.74) is 3.11. The molecular formula is C20H22ClN3O. The molecule has 25 heavy (non-hydrogen) atoms. The number of anilines is 2. The summed E-state index contributed by atoms with van der Waals surface area (Å²) >= 11 is 6.15. The van der Waals surface area contributed by atoms with Gasteiger partial charge in [0.2, 0.25) is 0 Å². The minimum atomic E-state index is -0.195. The number of nitrogens with one attached hydrogen (secondary N) is 2. The molecule has 4 rings (SSSR count). The number of hydrogen-bond donors (Lipinski definition) is 2. The van der Waals surface area contributed by atoms with Gasteiger partial charge in [-0.2, -0.15) is 0 Å². The highest BCUT2D eigenvalue weighted by molar-refractivity contribution is 6.30. The van der Waals surface area contributed by atoms with Gasteiger partial charge in [-0.25, -0.2) is 0 Å². The summed E-state index contributed by atoms with van der Waals surface area (Å²) < 4.78 is 5.60. The number of ether oxygens (including phenoxy) is 1. The fourth-order valence-electron chi connectivity index (χ4n) is 3.54. The van der Waals surface area contributed by atoms with Gasteiger partial charge in [0.1, 0.15) is 5.84 Å². The average molecular weight is 356 g/mol. The van der Waals surface area contributed by atoms with Gasteiger partial charge in [0, 0.05) is 31.1 Å². The predicted octanol–water partition coefficient (Wildman–Crippen LogP) is 4.89. The highest BCUT2D eigenvalue weighted by Gasteiger charge is 2.41. The Kier molecular flexibility index (Phi) is 4.40. The number of nitrogens with zero attached hydrogens (tertiary/aromatic N) is 1. The molecule has 1 fully saturated rings. The lowest BCUT2D eigenvalue weighted by molar-refractivity contribution is 0.0778. The second-order valence-corrected chi connectivity index (χ2v) is 7.14. The SMILES string of the molecule is CC(N=C1Nc2ccccc2NC12CCOCC2)c1cccc(Cl)c1. The first-order valence-corrected chi connectivity index (χ1v) is 9.10. The second-order valence-electron chi connectivity index (χ2n) is 6.70. The molecule has 130 valence electrons. The van der Waals surface area contributed by atoms with Crippen LogP contribution in [0.15, 0.2) is 53.5 Å². The number of hydrogen-bond acceptors (Lipinski definition) is 3. The number of rotatable bonds is 2. The zero-order chi connectivity index (χ0) is 17.3. The molecule has 2 heterocycles. The molecule has 1 atom stereocenters. The standard InChI is InChI=1S/C20H22ClN3O/c1-14(15-5-4-6-16(21)13-15)22-19-20(9-11-25-12-10-20)24-18-8-3-2-7-17(18)23-19/h2-8,13-14,24H,9-12H2,1H3,(H,22,23). The third kappa shape index (κ3) is 3.24. The molecule has 0 radical (unpaired) electrons. The predicted molar refractivity (Wildman–Crippen MR) is 104 cm³/mol. The van der Waals surface area contributed by atoms with Gasteiger partial charge in [-0.05, 0) is 36.8 Å². The van der Waals surface area contributed by atoms with E-state index in [1.165, 1.54) is 0 Å². The number of benzene rings is 2. The van der Waals surface area contributed by atoms with Gasteiger partial charge in [0.05, 0.1) is 23.0 Å². The van der Waals surface area contributed by atoms with Crippen molar-refractivity contribution < 1.29 is 4.74 Å². The summed E-state index contributed by atoms with van der Waals surface area (Å²) in [5.74, 6) is 0.988. The smallest absolute Gasteiger partial charge is 0.128 e. The Balaban J connectivity index is 1.72. The molecule has 1 unspecified atom stereocenters. The fraction of sp³-hybridized carbons (Fsp3) is 0.350. The third-order valence-corrected chi connectivity index (χ3v) is 5.24. The molecule has 0 saturated carbocycles. The largest absolute Gasteiger partial charge is 0.381 e. The van der Waals surface area contributed by atoms with E-state index >= 15 is 0 Å². The van der Waals surface area contributed by atoms with Gasteiger partial charge in [-0.15, -0.1) is 0 Å². The maximum atomic E-state index is 6.15. The number of fused-ring (bicyclic) bond motifs is 1. The summed E-state index contributed by atoms with van der Waals surface area (Å²) in [6.07, 6.45) is 1.80. The first kappa shape index (κ1) is 16.4. The lowest BCUT2D eigenvalue weighted by Gasteiger charge is -2.44. The van der Waals surface area contributed by atoms with Crippen LogP contribution in [-0.2, 0) is 4.74 Å². The van der Waals surface area contributed by atoms with E-state index in [-0.39, 0.29) is 11.6 Å². The molecule has 0 bridgehead atoms. The average Bonchev–Trinajstić information content (AvgIpc) is 2.63. The van der Waals surface area contributed by atoms with Gasteiger partial charge < -0.3 is 15.4 Å². The quantitative estimate of drug-likeness (QED) is 0.806. The molecule has 2 aliphatic rings. The van der Waals surface area contributed by atoms with Crippen LogP contribution in [0.4, 0.5) is 11.4 Å². The van der Waals surface area contributed by atoms with Crippen LogP contribution in [0.5, 0.6) is 0 Å². The Morgan fingerprint density at radius 1 is 1.08 bits per heavy atom. The Hall–Kier alpha value is -2.04. The van der Waals surface area contributed by atoms with Crippen LogP contribution in [0.3, 0.4) is 0 Å². The van der Waals surface area contributed by atoms with Crippen molar-refractivity contribution in [3.63, 3.8) is 0 Å². The molecule has 5 heteroatoms. The summed E-state index contributed by atoms with van der Waals surface area (Å²) in [6, 6.07) is 16.2. The molecule has 2 aromatic carbocycles. The highest BCUT2D eigenvalue weighted by atomic mass is 35.5. The van der Waals surface area contributed by atoms with E-state index in [1.807, 2.05) is 24.3 Å². The zero-order valence-corrected chi connectivity index (χ0v) is 15.0. The van der Waals surface area contributed by atoms with Crippen molar-refractivity contribution in [1.82, 2.24) is 0 Å². The van der Waals surface area contributed by atoms with E-state index in [1.54, 1.807) is 0 Å². The number of para-hydroxylation sites is 2. The molecule has 0 aliphatic carbocycles. The van der Waals surface area contributed by atoms with Gasteiger partial charge >= 0.3 is 0 Å². The van der Waals surface area contributed by atoms with Crippen molar-refractivity contribution in [2.24, 2.45) is 4.99 Å². The monoisotopic (exact) mass is 355 g/mol. The third-order valence-electron chi connectivity index (χ3n) is 5.01. The Labute approximate surface area is 153 Å². The van der Waals surface area contributed by atoms with Crippen molar-refractivity contribution >= 4 is 28.8 Å². The van der Waals surface area contributed by atoms with Gasteiger partial charge in [0.15, 0.2) is 0 Å². The van der Waals surface area contributed by atoms with Crippen LogP contribution in [0.25, 0.3) is 0 Å². The minimum Gasteiger partial charge on any atom is -0.381 e. The first-order chi connectivity index (χ1) is 12.2. The molecule has 2 aromatic rings. The molecular weight excluding hydrogens is 334 g/mol. The van der Waals surface area contributed by atoms with Crippen molar-refractivity contribution in [3.05, 3.63) is 59.1 Å². The number of aliphatic imine (C=N–C) groups is 1. The Morgan fingerprint density at radius 2 is 1.84 bits per heavy atom. The van der Waals surface area contributed by atoms with Crippen LogP contribution < -0.4 is 10.6 Å². The van der Waals surface area contributed by atoms with Crippen LogP contribution in [0, 0.1) is 0 Å². The molecule has 0 aromatic heterocycles. The summed E-state index contributed by atoms with van der Waals surface area (Å²) in [6.45, 7) is 3.58.